The van der Waals surface area contributed by atoms with Crippen LogP contribution in [0.2, 0.25) is 0 Å². The van der Waals surface area contributed by atoms with Crippen molar-refractivity contribution in [2.45, 2.75) is 52.5 Å². The zero-order valence-corrected chi connectivity index (χ0v) is 14.5. The predicted molar refractivity (Wildman–Crippen MR) is 90.8 cm³/mol. The number of hydrogen-bond acceptors (Lipinski definition) is 2. The van der Waals surface area contributed by atoms with Crippen molar-refractivity contribution in [2.24, 2.45) is 0 Å². The van der Waals surface area contributed by atoms with Gasteiger partial charge in [0.05, 0.1) is 5.56 Å². The summed E-state index contributed by atoms with van der Waals surface area (Å²) in [5.41, 5.74) is 4.21. The summed E-state index contributed by atoms with van der Waals surface area (Å²) in [4.78, 5) is 15.0. The van der Waals surface area contributed by atoms with Crippen LogP contribution in [0.4, 0.5) is 0 Å². The highest BCUT2D eigenvalue weighted by Crippen LogP contribution is 2.28. The fraction of sp³-hybridized carbons (Fsp3) is 0.556. The average Bonchev–Trinajstić information content (AvgIpc) is 3.15. The summed E-state index contributed by atoms with van der Waals surface area (Å²) in [5, 5.41) is 7.10. The van der Waals surface area contributed by atoms with Crippen molar-refractivity contribution in [3.63, 3.8) is 0 Å². The number of nitrogens with zero attached hydrogens (tertiary/aromatic N) is 3. The Balaban J connectivity index is 1.82. The molecule has 0 aliphatic carbocycles. The molecule has 3 heterocycles. The van der Waals surface area contributed by atoms with E-state index in [1.54, 1.807) is 6.20 Å². The molecule has 2 aromatic rings. The van der Waals surface area contributed by atoms with Gasteiger partial charge in [0.2, 0.25) is 0 Å². The zero-order valence-electron chi connectivity index (χ0n) is 14.5. The number of carbonyl (C=O) groups excluding carboxylic acids is 1. The van der Waals surface area contributed by atoms with Crippen molar-refractivity contribution in [3.8, 4) is 0 Å². The molecule has 1 aliphatic rings. The minimum Gasteiger partial charge on any atom is -0.346 e. The number of rotatable bonds is 3. The van der Waals surface area contributed by atoms with Gasteiger partial charge in [-0.1, -0.05) is 0 Å². The molecule has 5 nitrogen and oxygen atoms in total. The molecule has 1 atom stereocenters. The number of H-pyrrole nitrogens is 1. The average molecular weight is 314 g/mol. The molecule has 1 saturated heterocycles. The fourth-order valence-electron chi connectivity index (χ4n) is 3.87. The Labute approximate surface area is 137 Å². The minimum atomic E-state index is 0.161. The highest BCUT2D eigenvalue weighted by molar-refractivity contribution is 5.95. The normalized spacial score (nSPS) is 18.7. The zero-order chi connectivity index (χ0) is 16.6. The molecule has 124 valence electrons. The minimum absolute atomic E-state index is 0.161. The number of likely N-dealkylation sites (tertiary alicyclic amines) is 1. The fourth-order valence-corrected chi connectivity index (χ4v) is 3.87. The van der Waals surface area contributed by atoms with Crippen molar-refractivity contribution in [1.82, 2.24) is 19.7 Å². The molecule has 1 N–H and O–H groups in total. The maximum atomic E-state index is 13.0. The molecule has 0 saturated carbocycles. The Hall–Kier alpha value is -2.04. The molecular formula is C18H26N4O. The van der Waals surface area contributed by atoms with Gasteiger partial charge in [0.1, 0.15) is 0 Å². The van der Waals surface area contributed by atoms with Crippen LogP contribution in [0.3, 0.4) is 0 Å². The Morgan fingerprint density at radius 3 is 2.78 bits per heavy atom. The van der Waals surface area contributed by atoms with E-state index in [4.69, 9.17) is 0 Å². The third-order valence-corrected chi connectivity index (χ3v) is 4.90. The third-order valence-electron chi connectivity index (χ3n) is 4.90. The Bertz CT molecular complexity index is 684. The van der Waals surface area contributed by atoms with Crippen LogP contribution in [0.5, 0.6) is 0 Å². The first-order chi connectivity index (χ1) is 11.0. The van der Waals surface area contributed by atoms with E-state index in [9.17, 15) is 4.79 Å². The molecular weight excluding hydrogens is 288 g/mol. The van der Waals surface area contributed by atoms with E-state index in [1.165, 1.54) is 0 Å². The van der Waals surface area contributed by atoms with Gasteiger partial charge in [-0.15, -0.1) is 0 Å². The van der Waals surface area contributed by atoms with E-state index in [1.807, 2.05) is 17.0 Å². The third kappa shape index (κ3) is 2.92. The van der Waals surface area contributed by atoms with Crippen LogP contribution in [-0.4, -0.2) is 38.7 Å². The molecule has 1 fully saturated rings. The Morgan fingerprint density at radius 2 is 2.17 bits per heavy atom. The quantitative estimate of drug-likeness (QED) is 0.943. The van der Waals surface area contributed by atoms with Gasteiger partial charge in [-0.2, -0.15) is 5.10 Å². The number of aromatic nitrogens is 3. The number of aromatic amines is 1. The molecule has 3 rings (SSSR count). The van der Waals surface area contributed by atoms with Crippen LogP contribution in [0.25, 0.3) is 0 Å². The van der Waals surface area contributed by atoms with Gasteiger partial charge in [0, 0.05) is 48.3 Å². The monoisotopic (exact) mass is 314 g/mol. The highest BCUT2D eigenvalue weighted by Gasteiger charge is 2.28. The van der Waals surface area contributed by atoms with E-state index in [2.05, 4.69) is 42.5 Å². The summed E-state index contributed by atoms with van der Waals surface area (Å²) in [7, 11) is 0. The van der Waals surface area contributed by atoms with E-state index in [-0.39, 0.29) is 5.91 Å². The molecule has 1 amide bonds. The Morgan fingerprint density at radius 1 is 1.39 bits per heavy atom. The van der Waals surface area contributed by atoms with Gasteiger partial charge in [0.25, 0.3) is 5.91 Å². The molecule has 0 unspecified atom stereocenters. The molecule has 23 heavy (non-hydrogen) atoms. The molecule has 0 radical (unpaired) electrons. The Kier molecular flexibility index (Phi) is 4.28. The largest absolute Gasteiger partial charge is 0.346 e. The molecule has 2 aromatic heterocycles. The lowest BCUT2D eigenvalue weighted by Gasteiger charge is -2.32. The van der Waals surface area contributed by atoms with Crippen molar-refractivity contribution in [1.29, 1.82) is 0 Å². The van der Waals surface area contributed by atoms with Crippen molar-refractivity contribution in [3.05, 3.63) is 41.0 Å². The van der Waals surface area contributed by atoms with Crippen LogP contribution in [0.1, 0.15) is 66.1 Å². The molecule has 5 heteroatoms. The number of carbonyl (C=O) groups is 1. The standard InChI is InChI=1S/C18H26N4O/c1-12(2)22-13(3)10-16(14(22)4)18(23)21-9-5-6-15(11-21)17-7-8-19-20-17/h7-8,10,12,15H,5-6,9,11H2,1-4H3,(H,19,20)/t15-/m1/s1. The van der Waals surface area contributed by atoms with Crippen LogP contribution < -0.4 is 0 Å². The highest BCUT2D eigenvalue weighted by atomic mass is 16.2. The van der Waals surface area contributed by atoms with Gasteiger partial charge >= 0.3 is 0 Å². The lowest BCUT2D eigenvalue weighted by molar-refractivity contribution is 0.0705. The molecule has 0 aromatic carbocycles. The second-order valence-corrected chi connectivity index (χ2v) is 6.85. The maximum Gasteiger partial charge on any atom is 0.255 e. The van der Waals surface area contributed by atoms with E-state index in [0.717, 1.165) is 48.6 Å². The van der Waals surface area contributed by atoms with E-state index >= 15 is 0 Å². The SMILES string of the molecule is Cc1cc(C(=O)N2CCC[C@@H](c3ccn[nH]3)C2)c(C)n1C(C)C. The predicted octanol–water partition coefficient (Wildman–Crippen LogP) is 3.43. The molecule has 0 bridgehead atoms. The topological polar surface area (TPSA) is 53.9 Å². The summed E-state index contributed by atoms with van der Waals surface area (Å²) in [6.07, 6.45) is 3.93. The number of amides is 1. The van der Waals surface area contributed by atoms with Crippen molar-refractivity contribution in [2.75, 3.05) is 13.1 Å². The summed E-state index contributed by atoms with van der Waals surface area (Å²) in [6.45, 7) is 10.1. The summed E-state index contributed by atoms with van der Waals surface area (Å²) in [5.74, 6) is 0.526. The summed E-state index contributed by atoms with van der Waals surface area (Å²) >= 11 is 0. The summed E-state index contributed by atoms with van der Waals surface area (Å²) < 4.78 is 2.24. The van der Waals surface area contributed by atoms with Crippen LogP contribution in [0.15, 0.2) is 18.3 Å². The maximum absolute atomic E-state index is 13.0. The number of aryl methyl sites for hydroxylation is 1. The second-order valence-electron chi connectivity index (χ2n) is 6.85. The van der Waals surface area contributed by atoms with Gasteiger partial charge in [0.15, 0.2) is 0 Å². The van der Waals surface area contributed by atoms with Crippen LogP contribution >= 0.6 is 0 Å². The van der Waals surface area contributed by atoms with Gasteiger partial charge in [-0.25, -0.2) is 0 Å². The van der Waals surface area contributed by atoms with Crippen molar-refractivity contribution < 1.29 is 4.79 Å². The number of piperidine rings is 1. The number of hydrogen-bond donors (Lipinski definition) is 1. The van der Waals surface area contributed by atoms with Gasteiger partial charge < -0.3 is 9.47 Å². The lowest BCUT2D eigenvalue weighted by atomic mass is 9.94. The first-order valence-corrected chi connectivity index (χ1v) is 8.46. The second kappa shape index (κ2) is 6.22. The summed E-state index contributed by atoms with van der Waals surface area (Å²) in [6, 6.07) is 4.43. The van der Waals surface area contributed by atoms with Gasteiger partial charge in [-0.05, 0) is 52.7 Å². The van der Waals surface area contributed by atoms with E-state index in [0.29, 0.717) is 12.0 Å². The van der Waals surface area contributed by atoms with Crippen LogP contribution in [-0.2, 0) is 0 Å². The van der Waals surface area contributed by atoms with Crippen molar-refractivity contribution >= 4 is 5.91 Å². The van der Waals surface area contributed by atoms with Gasteiger partial charge in [-0.3, -0.25) is 9.89 Å². The van der Waals surface area contributed by atoms with E-state index < -0.39 is 0 Å². The first kappa shape index (κ1) is 15.8. The molecule has 0 spiro atoms. The molecule has 1 aliphatic heterocycles. The smallest absolute Gasteiger partial charge is 0.255 e. The first-order valence-electron chi connectivity index (χ1n) is 8.46. The number of nitrogens with one attached hydrogen (secondary N) is 1. The lowest BCUT2D eigenvalue weighted by Crippen LogP contribution is -2.39. The van der Waals surface area contributed by atoms with Crippen LogP contribution in [0, 0.1) is 13.8 Å².